The van der Waals surface area contributed by atoms with E-state index in [-0.39, 0.29) is 23.6 Å². The molecule has 3 aromatic carbocycles. The van der Waals surface area contributed by atoms with E-state index in [0.717, 1.165) is 30.2 Å². The predicted octanol–water partition coefficient (Wildman–Crippen LogP) is 3.67. The van der Waals surface area contributed by atoms with Gasteiger partial charge in [0.15, 0.2) is 5.78 Å². The molecule has 5 nitrogen and oxygen atoms in total. The molecule has 4 atom stereocenters. The quantitative estimate of drug-likeness (QED) is 0.488. The Labute approximate surface area is 180 Å². The fourth-order valence-corrected chi connectivity index (χ4v) is 5.86. The van der Waals surface area contributed by atoms with Gasteiger partial charge in [-0.3, -0.25) is 19.3 Å². The number of carbonyl (C=O) groups excluding carboxylic acids is 3. The number of Topliss-reactive ketones (excluding diaryl/α,β-unsaturated/α-hetero) is 1. The average Bonchev–Trinajstić information content (AvgIpc) is 3.45. The third-order valence-corrected chi connectivity index (χ3v) is 7.17. The van der Waals surface area contributed by atoms with Gasteiger partial charge in [0.1, 0.15) is 0 Å². The molecule has 3 heterocycles. The number of anilines is 1. The van der Waals surface area contributed by atoms with Crippen molar-refractivity contribution < 1.29 is 14.4 Å². The van der Waals surface area contributed by atoms with Crippen molar-refractivity contribution in [3.05, 3.63) is 78.4 Å². The zero-order valence-electron chi connectivity index (χ0n) is 17.0. The molecule has 2 amide bonds. The second-order valence-corrected chi connectivity index (χ2v) is 8.72. The molecule has 0 unspecified atom stereocenters. The Morgan fingerprint density at radius 2 is 1.52 bits per heavy atom. The lowest BCUT2D eigenvalue weighted by atomic mass is 9.85. The summed E-state index contributed by atoms with van der Waals surface area (Å²) in [5.74, 6) is -1.52. The fourth-order valence-electron chi connectivity index (χ4n) is 5.86. The molecule has 0 bridgehead atoms. The highest BCUT2D eigenvalue weighted by Gasteiger charge is 2.64. The summed E-state index contributed by atoms with van der Waals surface area (Å²) in [6, 6.07) is 22.1. The molecular formula is C26H22N2O3. The SMILES string of the molecule is O=C(c1ccccc1)[C@@H]1[C@@H]2C(=O)N(c3ccc4ccccc4c3)C(=O)[C@@H]2[C@H]2CCCN21. The molecule has 3 fully saturated rings. The average molecular weight is 410 g/mol. The second kappa shape index (κ2) is 6.86. The Morgan fingerprint density at radius 1 is 0.806 bits per heavy atom. The third kappa shape index (κ3) is 2.63. The van der Waals surface area contributed by atoms with Gasteiger partial charge in [-0.25, -0.2) is 4.90 Å². The number of hydrogen-bond acceptors (Lipinski definition) is 4. The number of hydrogen-bond donors (Lipinski definition) is 0. The lowest BCUT2D eigenvalue weighted by molar-refractivity contribution is -0.123. The van der Waals surface area contributed by atoms with Gasteiger partial charge in [0.05, 0.1) is 23.6 Å². The standard InChI is InChI=1S/C26H22N2O3/c29-24(17-8-2-1-3-9-17)23-22-21(20-11-6-14-27(20)23)25(30)28(26(22)31)19-13-12-16-7-4-5-10-18(16)15-19/h1-5,7-10,12-13,15,20-23H,6,11,14H2/t20-,21-,22-,23+/m1/s1. The van der Waals surface area contributed by atoms with E-state index in [0.29, 0.717) is 11.3 Å². The van der Waals surface area contributed by atoms with E-state index in [9.17, 15) is 14.4 Å². The first-order valence-corrected chi connectivity index (χ1v) is 10.9. The first kappa shape index (κ1) is 18.5. The van der Waals surface area contributed by atoms with Crippen molar-refractivity contribution >= 4 is 34.1 Å². The predicted molar refractivity (Wildman–Crippen MR) is 118 cm³/mol. The van der Waals surface area contributed by atoms with Crippen LogP contribution < -0.4 is 4.90 Å². The van der Waals surface area contributed by atoms with Gasteiger partial charge in [0, 0.05) is 11.6 Å². The molecule has 6 rings (SSSR count). The van der Waals surface area contributed by atoms with Gasteiger partial charge in [-0.2, -0.15) is 0 Å². The number of ketones is 1. The number of fused-ring (bicyclic) bond motifs is 4. The summed E-state index contributed by atoms with van der Waals surface area (Å²) in [5.41, 5.74) is 1.20. The number of carbonyl (C=O) groups is 3. The van der Waals surface area contributed by atoms with E-state index in [1.807, 2.05) is 60.7 Å². The van der Waals surface area contributed by atoms with Gasteiger partial charge in [0.2, 0.25) is 11.8 Å². The van der Waals surface area contributed by atoms with Crippen molar-refractivity contribution in [2.75, 3.05) is 11.4 Å². The monoisotopic (exact) mass is 410 g/mol. The van der Waals surface area contributed by atoms with E-state index in [1.54, 1.807) is 12.1 Å². The maximum atomic E-state index is 13.6. The minimum atomic E-state index is -0.614. The highest BCUT2D eigenvalue weighted by molar-refractivity contribution is 6.25. The second-order valence-electron chi connectivity index (χ2n) is 8.72. The van der Waals surface area contributed by atoms with Crippen LogP contribution in [0, 0.1) is 11.8 Å². The minimum absolute atomic E-state index is 0.0374. The number of imide groups is 1. The maximum absolute atomic E-state index is 13.6. The summed E-state index contributed by atoms with van der Waals surface area (Å²) < 4.78 is 0. The number of rotatable bonds is 3. The van der Waals surface area contributed by atoms with E-state index in [1.165, 1.54) is 4.90 Å². The molecule has 0 spiro atoms. The number of benzene rings is 3. The van der Waals surface area contributed by atoms with Gasteiger partial charge >= 0.3 is 0 Å². The van der Waals surface area contributed by atoms with Crippen LogP contribution in [-0.4, -0.2) is 41.1 Å². The number of nitrogens with zero attached hydrogens (tertiary/aromatic N) is 2. The molecule has 154 valence electrons. The molecule has 0 aromatic heterocycles. The van der Waals surface area contributed by atoms with Crippen molar-refractivity contribution in [2.24, 2.45) is 11.8 Å². The Balaban J connectivity index is 1.42. The summed E-state index contributed by atoms with van der Waals surface area (Å²) in [6.45, 7) is 0.761. The third-order valence-electron chi connectivity index (χ3n) is 7.17. The van der Waals surface area contributed by atoms with Gasteiger partial charge in [-0.05, 0) is 42.3 Å². The van der Waals surface area contributed by atoms with Gasteiger partial charge in [0.25, 0.3) is 0 Å². The van der Waals surface area contributed by atoms with E-state index in [4.69, 9.17) is 0 Å². The summed E-state index contributed by atoms with van der Waals surface area (Å²) in [4.78, 5) is 44.1. The zero-order valence-corrected chi connectivity index (χ0v) is 17.0. The lowest BCUT2D eigenvalue weighted by Gasteiger charge is -2.27. The van der Waals surface area contributed by atoms with E-state index < -0.39 is 17.9 Å². The molecule has 3 aliphatic rings. The van der Waals surface area contributed by atoms with Crippen LogP contribution in [0.1, 0.15) is 23.2 Å². The molecular weight excluding hydrogens is 388 g/mol. The van der Waals surface area contributed by atoms with Crippen LogP contribution in [0.25, 0.3) is 10.8 Å². The zero-order chi connectivity index (χ0) is 21.1. The van der Waals surface area contributed by atoms with Crippen molar-refractivity contribution in [3.8, 4) is 0 Å². The van der Waals surface area contributed by atoms with Crippen molar-refractivity contribution in [2.45, 2.75) is 24.9 Å². The van der Waals surface area contributed by atoms with Crippen LogP contribution in [0.15, 0.2) is 72.8 Å². The summed E-state index contributed by atoms with van der Waals surface area (Å²) in [5, 5.41) is 2.04. The Hall–Kier alpha value is -3.31. The van der Waals surface area contributed by atoms with E-state index in [2.05, 4.69) is 4.90 Å². The minimum Gasteiger partial charge on any atom is -0.292 e. The van der Waals surface area contributed by atoms with Crippen LogP contribution in [0.3, 0.4) is 0 Å². The molecule has 0 saturated carbocycles. The molecule has 5 heteroatoms. The van der Waals surface area contributed by atoms with Crippen molar-refractivity contribution in [1.29, 1.82) is 0 Å². The van der Waals surface area contributed by atoms with Gasteiger partial charge < -0.3 is 0 Å². The van der Waals surface area contributed by atoms with Gasteiger partial charge in [-0.15, -0.1) is 0 Å². The Bertz CT molecular complexity index is 1220. The molecule has 0 aliphatic carbocycles. The smallest absolute Gasteiger partial charge is 0.239 e. The lowest BCUT2D eigenvalue weighted by Crippen LogP contribution is -2.46. The Kier molecular flexibility index (Phi) is 4.08. The van der Waals surface area contributed by atoms with Crippen LogP contribution in [0.4, 0.5) is 5.69 Å². The van der Waals surface area contributed by atoms with Crippen LogP contribution in [0.5, 0.6) is 0 Å². The van der Waals surface area contributed by atoms with Crippen molar-refractivity contribution in [3.63, 3.8) is 0 Å². The van der Waals surface area contributed by atoms with Crippen LogP contribution in [0.2, 0.25) is 0 Å². The summed E-state index contributed by atoms with van der Waals surface area (Å²) in [7, 11) is 0. The maximum Gasteiger partial charge on any atom is 0.239 e. The number of amides is 2. The highest BCUT2D eigenvalue weighted by atomic mass is 16.2. The largest absolute Gasteiger partial charge is 0.292 e. The highest BCUT2D eigenvalue weighted by Crippen LogP contribution is 2.48. The molecule has 31 heavy (non-hydrogen) atoms. The molecule has 0 N–H and O–H groups in total. The first-order chi connectivity index (χ1) is 15.1. The van der Waals surface area contributed by atoms with Crippen LogP contribution >= 0.6 is 0 Å². The normalized spacial score (nSPS) is 27.7. The molecule has 3 aliphatic heterocycles. The van der Waals surface area contributed by atoms with Crippen molar-refractivity contribution in [1.82, 2.24) is 4.90 Å². The topological polar surface area (TPSA) is 57.7 Å². The van der Waals surface area contributed by atoms with E-state index >= 15 is 0 Å². The summed E-state index contributed by atoms with van der Waals surface area (Å²) in [6.07, 6.45) is 1.80. The summed E-state index contributed by atoms with van der Waals surface area (Å²) >= 11 is 0. The Morgan fingerprint density at radius 3 is 2.32 bits per heavy atom. The first-order valence-electron chi connectivity index (χ1n) is 10.9. The molecule has 3 aromatic rings. The van der Waals surface area contributed by atoms with Gasteiger partial charge in [-0.1, -0.05) is 60.7 Å². The molecule has 3 saturated heterocycles. The fraction of sp³-hybridized carbons (Fsp3) is 0.269. The molecule has 0 radical (unpaired) electrons. The van der Waals surface area contributed by atoms with Crippen LogP contribution in [-0.2, 0) is 9.59 Å².